The first-order valence-corrected chi connectivity index (χ1v) is 12.7. The van der Waals surface area contributed by atoms with Crippen LogP contribution in [0.5, 0.6) is 5.75 Å². The second-order valence-electron chi connectivity index (χ2n) is 9.32. The minimum Gasteiger partial charge on any atom is -0.489 e. The van der Waals surface area contributed by atoms with Gasteiger partial charge in [0.1, 0.15) is 24.2 Å². The van der Waals surface area contributed by atoms with Gasteiger partial charge in [-0.1, -0.05) is 60.7 Å². The highest BCUT2D eigenvalue weighted by Crippen LogP contribution is 2.31. The molecule has 0 fully saturated rings. The van der Waals surface area contributed by atoms with Crippen LogP contribution in [0, 0.1) is 11.3 Å². The summed E-state index contributed by atoms with van der Waals surface area (Å²) in [7, 11) is 0. The molecular weight excluding hydrogens is 545 g/mol. The zero-order valence-corrected chi connectivity index (χ0v) is 21.9. The second-order valence-corrected chi connectivity index (χ2v) is 9.32. The standard InChI is InChI=1S/C32H23F3N4O3/c33-32(34,35)29-18-28(39(38-29)26-13-4-9-22(15-26)19-36)31(41)37-25-12-5-10-23(16-25)30(40)24-11-6-14-27(17-24)42-20-21-7-2-1-3-8-21/h1-18,30,40H,20H2,(H,37,41). The van der Waals surface area contributed by atoms with E-state index in [2.05, 4.69) is 10.4 Å². The minimum absolute atomic E-state index is 0.119. The summed E-state index contributed by atoms with van der Waals surface area (Å²) in [4.78, 5) is 13.2. The number of carbonyl (C=O) groups excluding carboxylic acids is 1. The molecule has 210 valence electrons. The molecule has 0 aliphatic rings. The Labute approximate surface area is 239 Å². The second kappa shape index (κ2) is 12.0. The highest BCUT2D eigenvalue weighted by Gasteiger charge is 2.36. The molecule has 5 rings (SSSR count). The number of halogens is 3. The molecule has 2 N–H and O–H groups in total. The number of hydrogen-bond donors (Lipinski definition) is 2. The molecule has 1 unspecified atom stereocenters. The number of aliphatic hydroxyl groups excluding tert-OH is 1. The first-order valence-electron chi connectivity index (χ1n) is 12.7. The van der Waals surface area contributed by atoms with Crippen molar-refractivity contribution in [2.45, 2.75) is 18.9 Å². The smallest absolute Gasteiger partial charge is 0.435 e. The summed E-state index contributed by atoms with van der Waals surface area (Å²) >= 11 is 0. The topological polar surface area (TPSA) is 100 Å². The van der Waals surface area contributed by atoms with E-state index in [1.807, 2.05) is 36.4 Å². The van der Waals surface area contributed by atoms with Crippen molar-refractivity contribution in [2.24, 2.45) is 0 Å². The normalized spacial score (nSPS) is 11.9. The molecule has 0 aliphatic carbocycles. The Morgan fingerprint density at radius 3 is 2.38 bits per heavy atom. The van der Waals surface area contributed by atoms with Gasteiger partial charge in [0, 0.05) is 11.8 Å². The first kappa shape index (κ1) is 28.1. The van der Waals surface area contributed by atoms with Crippen molar-refractivity contribution in [3.05, 3.63) is 143 Å². The van der Waals surface area contributed by atoms with Crippen molar-refractivity contribution in [1.82, 2.24) is 9.78 Å². The number of aromatic nitrogens is 2. The Balaban J connectivity index is 1.37. The van der Waals surface area contributed by atoms with Gasteiger partial charge in [-0.25, -0.2) is 4.68 Å². The molecule has 1 heterocycles. The van der Waals surface area contributed by atoms with Crippen LogP contribution < -0.4 is 10.1 Å². The number of ether oxygens (including phenoxy) is 1. The lowest BCUT2D eigenvalue weighted by molar-refractivity contribution is -0.141. The number of hydrogen-bond acceptors (Lipinski definition) is 5. The lowest BCUT2D eigenvalue weighted by Gasteiger charge is -2.15. The van der Waals surface area contributed by atoms with Crippen LogP contribution >= 0.6 is 0 Å². The molecule has 4 aromatic carbocycles. The fourth-order valence-corrected chi connectivity index (χ4v) is 4.27. The van der Waals surface area contributed by atoms with Gasteiger partial charge in [0.25, 0.3) is 5.91 Å². The number of alkyl halides is 3. The van der Waals surface area contributed by atoms with E-state index in [0.717, 1.165) is 10.2 Å². The summed E-state index contributed by atoms with van der Waals surface area (Å²) in [5, 5.41) is 26.4. The maximum absolute atomic E-state index is 13.5. The van der Waals surface area contributed by atoms with Crippen LogP contribution in [-0.4, -0.2) is 20.8 Å². The van der Waals surface area contributed by atoms with Crippen LogP contribution in [0.2, 0.25) is 0 Å². The Hall–Kier alpha value is -5.40. The number of nitriles is 1. The van der Waals surface area contributed by atoms with Crippen molar-refractivity contribution in [3.63, 3.8) is 0 Å². The fraction of sp³-hybridized carbons (Fsp3) is 0.0938. The lowest BCUT2D eigenvalue weighted by atomic mass is 10.0. The van der Waals surface area contributed by atoms with Crippen molar-refractivity contribution in [2.75, 3.05) is 5.32 Å². The fourth-order valence-electron chi connectivity index (χ4n) is 4.27. The van der Waals surface area contributed by atoms with Crippen LogP contribution in [0.1, 0.15) is 44.5 Å². The average molecular weight is 569 g/mol. The van der Waals surface area contributed by atoms with E-state index >= 15 is 0 Å². The number of nitrogens with one attached hydrogen (secondary N) is 1. The maximum atomic E-state index is 13.5. The van der Waals surface area contributed by atoms with E-state index in [0.29, 0.717) is 29.5 Å². The van der Waals surface area contributed by atoms with Gasteiger partial charge in [-0.2, -0.15) is 23.5 Å². The molecule has 0 spiro atoms. The third kappa shape index (κ3) is 6.49. The third-order valence-electron chi connectivity index (χ3n) is 6.33. The van der Waals surface area contributed by atoms with Gasteiger partial charge in [-0.3, -0.25) is 4.79 Å². The lowest BCUT2D eigenvalue weighted by Crippen LogP contribution is -2.17. The highest BCUT2D eigenvalue weighted by molar-refractivity contribution is 6.03. The summed E-state index contributed by atoms with van der Waals surface area (Å²) in [6.07, 6.45) is -5.87. The van der Waals surface area contributed by atoms with Crippen molar-refractivity contribution in [1.29, 1.82) is 5.26 Å². The number of aliphatic hydroxyl groups is 1. The molecule has 1 aromatic heterocycles. The average Bonchev–Trinajstić information content (AvgIpc) is 3.47. The predicted octanol–water partition coefficient (Wildman–Crippen LogP) is 6.68. The number of carbonyl (C=O) groups is 1. The number of amides is 1. The summed E-state index contributed by atoms with van der Waals surface area (Å²) in [5.41, 5.74) is 0.912. The van der Waals surface area contributed by atoms with Gasteiger partial charge >= 0.3 is 6.18 Å². The van der Waals surface area contributed by atoms with E-state index in [1.165, 1.54) is 30.3 Å². The van der Waals surface area contributed by atoms with Gasteiger partial charge in [0.15, 0.2) is 5.69 Å². The zero-order chi connectivity index (χ0) is 29.7. The predicted molar refractivity (Wildman–Crippen MR) is 149 cm³/mol. The van der Waals surface area contributed by atoms with Crippen molar-refractivity contribution in [3.8, 4) is 17.5 Å². The SMILES string of the molecule is N#Cc1cccc(-n2nc(C(F)(F)F)cc2C(=O)Nc2cccc(C(O)c3cccc(OCc4ccccc4)c3)c2)c1. The van der Waals surface area contributed by atoms with E-state index in [4.69, 9.17) is 4.74 Å². The first-order chi connectivity index (χ1) is 20.2. The molecule has 0 bridgehead atoms. The molecule has 0 radical (unpaired) electrons. The third-order valence-corrected chi connectivity index (χ3v) is 6.33. The summed E-state index contributed by atoms with van der Waals surface area (Å²) < 4.78 is 47.2. The van der Waals surface area contributed by atoms with Gasteiger partial charge in [-0.15, -0.1) is 0 Å². The van der Waals surface area contributed by atoms with Crippen molar-refractivity contribution < 1.29 is 27.8 Å². The monoisotopic (exact) mass is 568 g/mol. The van der Waals surface area contributed by atoms with Gasteiger partial charge in [0.05, 0.1) is 17.3 Å². The molecule has 5 aromatic rings. The number of benzene rings is 4. The van der Waals surface area contributed by atoms with Crippen LogP contribution in [-0.2, 0) is 12.8 Å². The van der Waals surface area contributed by atoms with Crippen LogP contribution in [0.25, 0.3) is 5.69 Å². The van der Waals surface area contributed by atoms with Crippen LogP contribution in [0.4, 0.5) is 18.9 Å². The van der Waals surface area contributed by atoms with Gasteiger partial charge < -0.3 is 15.2 Å². The number of anilines is 1. The molecule has 10 heteroatoms. The Morgan fingerprint density at radius 1 is 0.929 bits per heavy atom. The van der Waals surface area contributed by atoms with E-state index < -0.39 is 23.9 Å². The summed E-state index contributed by atoms with van der Waals surface area (Å²) in [6.45, 7) is 0.356. The Kier molecular flexibility index (Phi) is 8.04. The molecule has 0 saturated heterocycles. The largest absolute Gasteiger partial charge is 0.489 e. The van der Waals surface area contributed by atoms with E-state index in [1.54, 1.807) is 42.5 Å². The number of nitrogens with zero attached hydrogens (tertiary/aromatic N) is 3. The van der Waals surface area contributed by atoms with Crippen molar-refractivity contribution >= 4 is 11.6 Å². The minimum atomic E-state index is -4.80. The Bertz CT molecular complexity index is 1760. The van der Waals surface area contributed by atoms with E-state index in [9.17, 15) is 28.3 Å². The molecule has 1 atom stereocenters. The molecule has 0 saturated carbocycles. The van der Waals surface area contributed by atoms with Crippen LogP contribution in [0.3, 0.4) is 0 Å². The summed E-state index contributed by atoms with van der Waals surface area (Å²) in [5.74, 6) is -0.294. The molecule has 7 nitrogen and oxygen atoms in total. The molecule has 42 heavy (non-hydrogen) atoms. The number of rotatable bonds is 8. The Morgan fingerprint density at radius 2 is 1.64 bits per heavy atom. The quantitative estimate of drug-likeness (QED) is 0.218. The van der Waals surface area contributed by atoms with Crippen LogP contribution in [0.15, 0.2) is 109 Å². The van der Waals surface area contributed by atoms with E-state index in [-0.39, 0.29) is 22.6 Å². The molecule has 1 amide bonds. The zero-order valence-electron chi connectivity index (χ0n) is 21.9. The molecular formula is C32H23F3N4O3. The summed E-state index contributed by atoms with van der Waals surface area (Å²) in [6, 6.07) is 31.3. The van der Waals surface area contributed by atoms with Gasteiger partial charge in [0.2, 0.25) is 0 Å². The molecule has 0 aliphatic heterocycles. The highest BCUT2D eigenvalue weighted by atomic mass is 19.4. The van der Waals surface area contributed by atoms with Gasteiger partial charge in [-0.05, 0) is 59.2 Å². The maximum Gasteiger partial charge on any atom is 0.435 e.